The van der Waals surface area contributed by atoms with E-state index >= 15 is 0 Å². The molecular formula is C16H21Br2N3. The van der Waals surface area contributed by atoms with Gasteiger partial charge in [-0.25, -0.2) is 0 Å². The molecule has 0 radical (unpaired) electrons. The van der Waals surface area contributed by atoms with Crippen molar-refractivity contribution in [1.29, 1.82) is 0 Å². The Morgan fingerprint density at radius 3 is 2.14 bits per heavy atom. The van der Waals surface area contributed by atoms with Gasteiger partial charge in [0.1, 0.15) is 0 Å². The second-order valence-corrected chi connectivity index (χ2v) is 7.07. The fourth-order valence-electron chi connectivity index (χ4n) is 2.66. The van der Waals surface area contributed by atoms with Crippen LogP contribution in [0.15, 0.2) is 21.1 Å². The highest BCUT2D eigenvalue weighted by Gasteiger charge is 2.18. The van der Waals surface area contributed by atoms with Crippen molar-refractivity contribution in [3.8, 4) is 0 Å². The van der Waals surface area contributed by atoms with Crippen LogP contribution in [0.3, 0.4) is 0 Å². The van der Waals surface area contributed by atoms with Crippen LogP contribution in [0.2, 0.25) is 0 Å². The molecule has 0 bridgehead atoms. The molecule has 0 saturated carbocycles. The van der Waals surface area contributed by atoms with Crippen molar-refractivity contribution in [3.63, 3.8) is 0 Å². The van der Waals surface area contributed by atoms with Crippen LogP contribution in [0, 0.1) is 20.8 Å². The third-order valence-corrected chi connectivity index (χ3v) is 6.15. The third-order valence-electron chi connectivity index (χ3n) is 3.87. The van der Waals surface area contributed by atoms with Gasteiger partial charge < -0.3 is 5.32 Å². The summed E-state index contributed by atoms with van der Waals surface area (Å²) >= 11 is 7.29. The Morgan fingerprint density at radius 1 is 1.14 bits per heavy atom. The van der Waals surface area contributed by atoms with E-state index in [-0.39, 0.29) is 6.04 Å². The van der Waals surface area contributed by atoms with Crippen molar-refractivity contribution in [1.82, 2.24) is 15.1 Å². The zero-order valence-electron chi connectivity index (χ0n) is 13.1. The highest BCUT2D eigenvalue weighted by atomic mass is 79.9. The van der Waals surface area contributed by atoms with Gasteiger partial charge >= 0.3 is 0 Å². The van der Waals surface area contributed by atoms with Gasteiger partial charge in [-0.15, -0.1) is 0 Å². The summed E-state index contributed by atoms with van der Waals surface area (Å²) in [6.07, 6.45) is 0.898. The first-order valence-electron chi connectivity index (χ1n) is 6.97. The SMILES string of the molecule is CNC(Cc1c(Br)c(C)nn1C)c1cc(C)c(Br)c(C)c1. The number of halogens is 2. The monoisotopic (exact) mass is 413 g/mol. The molecule has 0 aliphatic heterocycles. The molecule has 1 unspecified atom stereocenters. The number of nitrogens with one attached hydrogen (secondary N) is 1. The second kappa shape index (κ2) is 6.63. The summed E-state index contributed by atoms with van der Waals surface area (Å²) in [5, 5.41) is 7.90. The molecule has 1 aromatic carbocycles. The zero-order chi connectivity index (χ0) is 15.7. The summed E-state index contributed by atoms with van der Waals surface area (Å²) in [6.45, 7) is 6.30. The quantitative estimate of drug-likeness (QED) is 0.804. The number of hydrogen-bond donors (Lipinski definition) is 1. The molecule has 1 heterocycles. The van der Waals surface area contributed by atoms with Gasteiger partial charge in [0.05, 0.1) is 15.9 Å². The second-order valence-electron chi connectivity index (χ2n) is 5.48. The summed E-state index contributed by atoms with van der Waals surface area (Å²) in [5.74, 6) is 0. The predicted octanol–water partition coefficient (Wildman–Crippen LogP) is 4.37. The van der Waals surface area contributed by atoms with Gasteiger partial charge in [0.15, 0.2) is 0 Å². The maximum Gasteiger partial charge on any atom is 0.0738 e. The predicted molar refractivity (Wildman–Crippen MR) is 94.8 cm³/mol. The summed E-state index contributed by atoms with van der Waals surface area (Å²) < 4.78 is 4.26. The van der Waals surface area contributed by atoms with E-state index in [1.54, 1.807) is 0 Å². The molecule has 21 heavy (non-hydrogen) atoms. The Bertz CT molecular complexity index is 639. The van der Waals surface area contributed by atoms with Crippen LogP contribution in [0.1, 0.15) is 34.1 Å². The Morgan fingerprint density at radius 2 is 1.71 bits per heavy atom. The molecule has 2 rings (SSSR count). The van der Waals surface area contributed by atoms with E-state index in [0.29, 0.717) is 0 Å². The lowest BCUT2D eigenvalue weighted by Crippen LogP contribution is -2.20. The molecule has 0 aliphatic carbocycles. The van der Waals surface area contributed by atoms with Gasteiger partial charge in [0.2, 0.25) is 0 Å². The highest BCUT2D eigenvalue weighted by molar-refractivity contribution is 9.10. The zero-order valence-corrected chi connectivity index (χ0v) is 16.3. The molecule has 114 valence electrons. The number of likely N-dealkylation sites (N-methyl/N-ethyl adjacent to an activating group) is 1. The number of nitrogens with zero attached hydrogens (tertiary/aromatic N) is 2. The van der Waals surface area contributed by atoms with Crippen LogP contribution >= 0.6 is 31.9 Å². The Balaban J connectivity index is 2.36. The van der Waals surface area contributed by atoms with Gasteiger partial charge in [-0.1, -0.05) is 28.1 Å². The van der Waals surface area contributed by atoms with E-state index < -0.39 is 0 Å². The number of rotatable bonds is 4. The lowest BCUT2D eigenvalue weighted by atomic mass is 9.98. The van der Waals surface area contributed by atoms with Crippen molar-refractivity contribution in [2.75, 3.05) is 7.05 Å². The third kappa shape index (κ3) is 3.41. The first-order chi connectivity index (χ1) is 9.85. The summed E-state index contributed by atoms with van der Waals surface area (Å²) in [6, 6.07) is 4.76. The molecule has 2 aromatic rings. The van der Waals surface area contributed by atoms with Crippen molar-refractivity contribution in [2.24, 2.45) is 7.05 Å². The molecule has 0 saturated heterocycles. The average molecular weight is 415 g/mol. The Hall–Kier alpha value is -0.650. The first-order valence-corrected chi connectivity index (χ1v) is 8.55. The minimum Gasteiger partial charge on any atom is -0.313 e. The van der Waals surface area contributed by atoms with Crippen LogP contribution in [-0.4, -0.2) is 16.8 Å². The van der Waals surface area contributed by atoms with Crippen LogP contribution < -0.4 is 5.32 Å². The molecule has 0 fully saturated rings. The minimum atomic E-state index is 0.265. The van der Waals surface area contributed by atoms with Crippen molar-refractivity contribution in [2.45, 2.75) is 33.2 Å². The molecule has 1 atom stereocenters. The van der Waals surface area contributed by atoms with Crippen molar-refractivity contribution < 1.29 is 0 Å². The summed E-state index contributed by atoms with van der Waals surface area (Å²) in [7, 11) is 4.01. The maximum atomic E-state index is 4.48. The number of benzene rings is 1. The molecule has 1 aromatic heterocycles. The van der Waals surface area contributed by atoms with Crippen LogP contribution in [-0.2, 0) is 13.5 Å². The fourth-order valence-corrected chi connectivity index (χ4v) is 3.39. The molecule has 1 N–H and O–H groups in total. The van der Waals surface area contributed by atoms with E-state index in [1.807, 2.05) is 25.7 Å². The molecule has 3 nitrogen and oxygen atoms in total. The average Bonchev–Trinajstić information content (AvgIpc) is 2.67. The van der Waals surface area contributed by atoms with Crippen LogP contribution in [0.4, 0.5) is 0 Å². The number of aromatic nitrogens is 2. The van der Waals surface area contributed by atoms with Gasteiger partial charge in [-0.3, -0.25) is 4.68 Å². The highest BCUT2D eigenvalue weighted by Crippen LogP contribution is 2.29. The first kappa shape index (κ1) is 16.7. The smallest absolute Gasteiger partial charge is 0.0738 e. The van der Waals surface area contributed by atoms with Crippen LogP contribution in [0.5, 0.6) is 0 Å². The molecule has 0 spiro atoms. The molecular weight excluding hydrogens is 394 g/mol. The van der Waals surface area contributed by atoms with E-state index in [4.69, 9.17) is 0 Å². The molecule has 0 amide bonds. The molecule has 5 heteroatoms. The fraction of sp³-hybridized carbons (Fsp3) is 0.438. The normalized spacial score (nSPS) is 12.7. The van der Waals surface area contributed by atoms with Gasteiger partial charge in [0.25, 0.3) is 0 Å². The van der Waals surface area contributed by atoms with E-state index in [1.165, 1.54) is 26.9 Å². The summed E-state index contributed by atoms with van der Waals surface area (Å²) in [5.41, 5.74) is 6.09. The van der Waals surface area contributed by atoms with Crippen molar-refractivity contribution >= 4 is 31.9 Å². The van der Waals surface area contributed by atoms with Gasteiger partial charge in [-0.2, -0.15) is 5.10 Å². The molecule has 0 aliphatic rings. The van der Waals surface area contributed by atoms with E-state index in [0.717, 1.165) is 16.6 Å². The lowest BCUT2D eigenvalue weighted by Gasteiger charge is -2.19. The largest absolute Gasteiger partial charge is 0.313 e. The standard InChI is InChI=1S/C16H21Br2N3/c1-9-6-12(7-10(2)15(9)17)13(19-4)8-14-16(18)11(3)20-21(14)5/h6-7,13,19H,8H2,1-5H3. The minimum absolute atomic E-state index is 0.265. The van der Waals surface area contributed by atoms with Crippen molar-refractivity contribution in [3.05, 3.63) is 49.2 Å². The lowest BCUT2D eigenvalue weighted by molar-refractivity contribution is 0.559. The van der Waals surface area contributed by atoms with Gasteiger partial charge in [0, 0.05) is 24.0 Å². The van der Waals surface area contributed by atoms with E-state index in [9.17, 15) is 0 Å². The number of aryl methyl sites for hydroxylation is 4. The summed E-state index contributed by atoms with van der Waals surface area (Å²) in [4.78, 5) is 0. The van der Waals surface area contributed by atoms with E-state index in [2.05, 4.69) is 68.3 Å². The Labute approximate surface area is 143 Å². The topological polar surface area (TPSA) is 29.9 Å². The van der Waals surface area contributed by atoms with Crippen LogP contribution in [0.25, 0.3) is 0 Å². The Kier molecular flexibility index (Phi) is 5.28. The number of hydrogen-bond acceptors (Lipinski definition) is 2. The maximum absolute atomic E-state index is 4.48. The van der Waals surface area contributed by atoms with Gasteiger partial charge in [-0.05, 0) is 60.4 Å².